The minimum atomic E-state index is -0.394. The van der Waals surface area contributed by atoms with E-state index in [1.807, 2.05) is 52.0 Å². The van der Waals surface area contributed by atoms with Gasteiger partial charge in [-0.2, -0.15) is 0 Å². The largest absolute Gasteiger partial charge is 0.492 e. The second-order valence-electron chi connectivity index (χ2n) is 12.4. The van der Waals surface area contributed by atoms with E-state index >= 15 is 0 Å². The van der Waals surface area contributed by atoms with E-state index in [1.165, 1.54) is 11.3 Å². The molecule has 1 aliphatic heterocycles. The summed E-state index contributed by atoms with van der Waals surface area (Å²) in [6.07, 6.45) is 4.74. The summed E-state index contributed by atoms with van der Waals surface area (Å²) in [5.74, 6) is 0.144. The van der Waals surface area contributed by atoms with E-state index < -0.39 is 11.8 Å². The standard InChI is InChI=1S/C32H25ClN4O4.C6H14.C2H6/c1-3-40-29-16-26-24(15-27(29)37-31(38)22-9-4-5-10-23(22)32(37)39)30(19(2)17-35-26)36-20-11-12-28(25(33)14-20)41-18-21-8-6-7-13-34-21;1-5-6(2,3)4;1-2/h4-17H,3,18H2,1-2H3,(H,35,36);5H2,1-4H3;1-2H3. The molecule has 1 N–H and O–H groups in total. The molecule has 0 atom stereocenters. The van der Waals surface area contributed by atoms with Crippen molar-refractivity contribution in [3.63, 3.8) is 0 Å². The first kappa shape index (κ1) is 36.9. The average molecular weight is 681 g/mol. The zero-order valence-corrected chi connectivity index (χ0v) is 30.3. The average Bonchev–Trinajstić information content (AvgIpc) is 3.36. The number of carbonyl (C=O) groups excluding carboxylic acids is 2. The Bertz CT molecular complexity index is 1890. The predicted octanol–water partition coefficient (Wildman–Crippen LogP) is 10.6. The van der Waals surface area contributed by atoms with E-state index in [-0.39, 0.29) is 0 Å². The summed E-state index contributed by atoms with van der Waals surface area (Å²) in [7, 11) is 0. The number of imide groups is 1. The Labute approximate surface area is 294 Å². The van der Waals surface area contributed by atoms with Crippen molar-refractivity contribution in [3.8, 4) is 11.5 Å². The maximum absolute atomic E-state index is 13.3. The minimum Gasteiger partial charge on any atom is -0.492 e. The lowest BCUT2D eigenvalue weighted by atomic mass is 9.94. The van der Waals surface area contributed by atoms with Crippen LogP contribution >= 0.6 is 11.6 Å². The van der Waals surface area contributed by atoms with Crippen molar-refractivity contribution in [1.29, 1.82) is 0 Å². The fourth-order valence-electron chi connectivity index (χ4n) is 4.80. The number of amides is 2. The van der Waals surface area contributed by atoms with Gasteiger partial charge in [0.2, 0.25) is 0 Å². The first-order valence-corrected chi connectivity index (χ1v) is 17.0. The van der Waals surface area contributed by atoms with Crippen LogP contribution in [0.4, 0.5) is 17.1 Å². The van der Waals surface area contributed by atoms with Gasteiger partial charge in [0.1, 0.15) is 18.1 Å². The van der Waals surface area contributed by atoms with Crippen LogP contribution in [0, 0.1) is 12.3 Å². The highest BCUT2D eigenvalue weighted by atomic mass is 35.5. The third kappa shape index (κ3) is 8.75. The van der Waals surface area contributed by atoms with Gasteiger partial charge in [0.25, 0.3) is 11.8 Å². The molecular weight excluding hydrogens is 636 g/mol. The molecule has 49 heavy (non-hydrogen) atoms. The molecule has 0 aliphatic carbocycles. The second-order valence-corrected chi connectivity index (χ2v) is 12.8. The lowest BCUT2D eigenvalue weighted by molar-refractivity contribution is 0.0925. The van der Waals surface area contributed by atoms with Crippen molar-refractivity contribution >= 4 is 51.4 Å². The zero-order chi connectivity index (χ0) is 35.7. The number of pyridine rings is 2. The molecule has 2 amide bonds. The number of hydrogen-bond acceptors (Lipinski definition) is 7. The molecular formula is C40H45ClN4O4. The number of fused-ring (bicyclic) bond motifs is 2. The highest BCUT2D eigenvalue weighted by molar-refractivity contribution is 6.35. The topological polar surface area (TPSA) is 93.7 Å². The lowest BCUT2D eigenvalue weighted by Gasteiger charge is -2.21. The number of aryl methyl sites for hydroxylation is 1. The van der Waals surface area contributed by atoms with Crippen LogP contribution in [0.15, 0.2) is 85.2 Å². The van der Waals surface area contributed by atoms with Gasteiger partial charge >= 0.3 is 0 Å². The molecule has 0 saturated carbocycles. The molecule has 1 aliphatic rings. The lowest BCUT2D eigenvalue weighted by Crippen LogP contribution is -2.30. The first-order chi connectivity index (χ1) is 23.5. The van der Waals surface area contributed by atoms with Gasteiger partial charge in [0.05, 0.1) is 45.3 Å². The van der Waals surface area contributed by atoms with E-state index in [0.29, 0.717) is 62.9 Å². The van der Waals surface area contributed by atoms with Gasteiger partial charge < -0.3 is 14.8 Å². The molecule has 2 aromatic heterocycles. The fourth-order valence-corrected chi connectivity index (χ4v) is 5.04. The summed E-state index contributed by atoms with van der Waals surface area (Å²) >= 11 is 6.57. The molecule has 8 nitrogen and oxygen atoms in total. The third-order valence-electron chi connectivity index (χ3n) is 7.84. The van der Waals surface area contributed by atoms with E-state index in [9.17, 15) is 9.59 Å². The molecule has 0 radical (unpaired) electrons. The van der Waals surface area contributed by atoms with Crippen molar-refractivity contribution in [2.24, 2.45) is 5.41 Å². The molecule has 0 saturated heterocycles. The molecule has 3 heterocycles. The molecule has 256 valence electrons. The van der Waals surface area contributed by atoms with Gasteiger partial charge in [-0.3, -0.25) is 19.6 Å². The Hall–Kier alpha value is -4.95. The maximum Gasteiger partial charge on any atom is 0.266 e. The van der Waals surface area contributed by atoms with Crippen LogP contribution in [0.5, 0.6) is 11.5 Å². The van der Waals surface area contributed by atoms with Crippen molar-refractivity contribution in [2.75, 3.05) is 16.8 Å². The number of rotatable bonds is 8. The van der Waals surface area contributed by atoms with Crippen LogP contribution in [0.2, 0.25) is 5.02 Å². The van der Waals surface area contributed by atoms with Crippen LogP contribution in [0.25, 0.3) is 10.9 Å². The summed E-state index contributed by atoms with van der Waals surface area (Å²) < 4.78 is 11.7. The first-order valence-electron chi connectivity index (χ1n) is 16.6. The summed E-state index contributed by atoms with van der Waals surface area (Å²) in [6, 6.07) is 21.4. The van der Waals surface area contributed by atoms with Crippen LogP contribution in [-0.2, 0) is 6.61 Å². The number of hydrogen-bond donors (Lipinski definition) is 1. The number of anilines is 3. The van der Waals surface area contributed by atoms with Gasteiger partial charge in [-0.05, 0) is 73.4 Å². The van der Waals surface area contributed by atoms with Crippen molar-refractivity contribution in [3.05, 3.63) is 113 Å². The molecule has 0 bridgehead atoms. The minimum absolute atomic E-state index is 0.296. The Kier molecular flexibility index (Phi) is 12.4. The van der Waals surface area contributed by atoms with Crippen LogP contribution in [0.1, 0.15) is 86.9 Å². The Balaban J connectivity index is 0.000000612. The number of nitrogens with one attached hydrogen (secondary N) is 1. The van der Waals surface area contributed by atoms with E-state index in [2.05, 4.69) is 43.0 Å². The van der Waals surface area contributed by atoms with Gasteiger partial charge in [-0.25, -0.2) is 4.90 Å². The van der Waals surface area contributed by atoms with Crippen LogP contribution < -0.4 is 19.7 Å². The smallest absolute Gasteiger partial charge is 0.266 e. The summed E-state index contributed by atoms with van der Waals surface area (Å²) in [6.45, 7) is 17.4. The van der Waals surface area contributed by atoms with Crippen molar-refractivity contribution in [2.45, 2.75) is 68.4 Å². The second kappa shape index (κ2) is 16.4. The third-order valence-corrected chi connectivity index (χ3v) is 8.13. The molecule has 6 rings (SSSR count). The van der Waals surface area contributed by atoms with E-state index in [4.69, 9.17) is 21.1 Å². The summed E-state index contributed by atoms with van der Waals surface area (Å²) in [5.41, 5.74) is 5.41. The van der Waals surface area contributed by atoms with Crippen LogP contribution in [-0.4, -0.2) is 28.4 Å². The Morgan fingerprint density at radius 3 is 2.06 bits per heavy atom. The number of ether oxygens (including phenoxy) is 2. The predicted molar refractivity (Wildman–Crippen MR) is 200 cm³/mol. The van der Waals surface area contributed by atoms with Gasteiger partial charge in [0, 0.05) is 29.5 Å². The zero-order valence-electron chi connectivity index (χ0n) is 29.6. The number of benzene rings is 3. The Morgan fingerprint density at radius 2 is 1.49 bits per heavy atom. The van der Waals surface area contributed by atoms with Gasteiger partial charge in [-0.15, -0.1) is 0 Å². The SMILES string of the molecule is CC.CCC(C)(C)C.CCOc1cc2ncc(C)c(Nc3ccc(OCc4ccccn4)c(Cl)c3)c2cc1N1C(=O)c2ccccc2C1=O. The molecule has 0 fully saturated rings. The molecule has 9 heteroatoms. The monoisotopic (exact) mass is 680 g/mol. The van der Waals surface area contributed by atoms with E-state index in [0.717, 1.165) is 22.6 Å². The Morgan fingerprint density at radius 1 is 0.837 bits per heavy atom. The number of halogens is 1. The van der Waals surface area contributed by atoms with Crippen molar-refractivity contribution < 1.29 is 19.1 Å². The number of aromatic nitrogens is 2. The van der Waals surface area contributed by atoms with Crippen LogP contribution in [0.3, 0.4) is 0 Å². The van der Waals surface area contributed by atoms with Gasteiger partial charge in [0.15, 0.2) is 0 Å². The normalized spacial score (nSPS) is 12.1. The summed E-state index contributed by atoms with van der Waals surface area (Å²) in [5, 5.41) is 4.60. The number of carbonyl (C=O) groups is 2. The highest BCUT2D eigenvalue weighted by Crippen LogP contribution is 2.41. The van der Waals surface area contributed by atoms with Gasteiger partial charge in [-0.1, -0.05) is 77.8 Å². The van der Waals surface area contributed by atoms with E-state index in [1.54, 1.807) is 60.9 Å². The number of nitrogens with zero attached hydrogens (tertiary/aromatic N) is 3. The fraction of sp³-hybridized carbons (Fsp3) is 0.300. The maximum atomic E-state index is 13.3. The molecule has 3 aromatic carbocycles. The molecule has 0 unspecified atom stereocenters. The molecule has 0 spiro atoms. The quantitative estimate of drug-likeness (QED) is 0.163. The van der Waals surface area contributed by atoms with Crippen molar-refractivity contribution in [1.82, 2.24) is 9.97 Å². The molecule has 5 aromatic rings. The summed E-state index contributed by atoms with van der Waals surface area (Å²) in [4.78, 5) is 36.7. The highest BCUT2D eigenvalue weighted by Gasteiger charge is 2.38.